The van der Waals surface area contributed by atoms with E-state index < -0.39 is 11.4 Å². The van der Waals surface area contributed by atoms with Gasteiger partial charge in [0.05, 0.1) is 22.9 Å². The van der Waals surface area contributed by atoms with Crippen molar-refractivity contribution in [1.82, 2.24) is 14.9 Å². The fourth-order valence-corrected chi connectivity index (χ4v) is 7.09. The van der Waals surface area contributed by atoms with Gasteiger partial charge in [-0.1, -0.05) is 43.2 Å². The van der Waals surface area contributed by atoms with E-state index in [0.717, 1.165) is 62.3 Å². The number of halogens is 1. The molecule has 9 heteroatoms. The lowest BCUT2D eigenvalue weighted by molar-refractivity contribution is -0.120. The fourth-order valence-electron chi connectivity index (χ4n) is 4.98. The number of hydrogen-bond donors (Lipinski definition) is 1. The van der Waals surface area contributed by atoms with E-state index in [1.807, 2.05) is 0 Å². The van der Waals surface area contributed by atoms with Gasteiger partial charge in [-0.25, -0.2) is 9.37 Å². The highest BCUT2D eigenvalue weighted by atomic mass is 32.2. The lowest BCUT2D eigenvalue weighted by Crippen LogP contribution is -2.49. The first kappa shape index (κ1) is 23.1. The van der Waals surface area contributed by atoms with Crippen LogP contribution in [0.4, 0.5) is 4.39 Å². The second-order valence-corrected chi connectivity index (χ2v) is 11.0. The van der Waals surface area contributed by atoms with Crippen LogP contribution in [0.25, 0.3) is 15.9 Å². The van der Waals surface area contributed by atoms with E-state index in [1.54, 1.807) is 18.2 Å². The van der Waals surface area contributed by atoms with E-state index in [2.05, 4.69) is 11.4 Å². The predicted octanol–water partition coefficient (Wildman–Crippen LogP) is 4.90. The molecule has 1 aromatic carbocycles. The van der Waals surface area contributed by atoms with Gasteiger partial charge in [0.2, 0.25) is 5.91 Å². The molecule has 2 aromatic heterocycles. The SMILES string of the molecule is N#CC1(NC(=O)CSc2nc3sc4c(c3c(=O)n2-c2ccccc2F)CCCC4)CCCCC1. The number of aryl methyl sites for hydroxylation is 2. The number of thiophene rings is 1. The van der Waals surface area contributed by atoms with Crippen molar-refractivity contribution in [1.29, 1.82) is 5.26 Å². The molecule has 0 atom stereocenters. The summed E-state index contributed by atoms with van der Waals surface area (Å²) in [5, 5.41) is 13.4. The fraction of sp³-hybridized carbons (Fsp3) is 0.440. The number of rotatable bonds is 5. The molecule has 5 rings (SSSR count). The highest BCUT2D eigenvalue weighted by Crippen LogP contribution is 2.35. The summed E-state index contributed by atoms with van der Waals surface area (Å²) < 4.78 is 16.1. The standard InChI is InChI=1S/C25H25FN4O2S2/c26-17-9-3-4-10-18(17)30-23(32)21-16-8-2-5-11-19(16)34-22(21)28-24(30)33-14-20(31)29-25(15-27)12-6-1-7-13-25/h3-4,9-10H,1-2,5-8,11-14H2,(H,29,31). The van der Waals surface area contributed by atoms with Gasteiger partial charge in [0.1, 0.15) is 16.2 Å². The first-order valence-electron chi connectivity index (χ1n) is 11.7. The van der Waals surface area contributed by atoms with Crippen LogP contribution in [0.1, 0.15) is 55.4 Å². The number of fused-ring (bicyclic) bond motifs is 3. The van der Waals surface area contributed by atoms with E-state index in [9.17, 15) is 19.2 Å². The molecule has 0 radical (unpaired) electrons. The van der Waals surface area contributed by atoms with Crippen LogP contribution in [0, 0.1) is 17.1 Å². The minimum Gasteiger partial charge on any atom is -0.337 e. The van der Waals surface area contributed by atoms with Crippen molar-refractivity contribution in [2.24, 2.45) is 0 Å². The summed E-state index contributed by atoms with van der Waals surface area (Å²) in [5.74, 6) is -0.818. The first-order chi connectivity index (χ1) is 16.5. The molecule has 1 saturated carbocycles. The molecule has 2 aliphatic rings. The van der Waals surface area contributed by atoms with Gasteiger partial charge in [0.15, 0.2) is 5.16 Å². The maximum atomic E-state index is 14.8. The largest absolute Gasteiger partial charge is 0.337 e. The van der Waals surface area contributed by atoms with Crippen LogP contribution in [0.5, 0.6) is 0 Å². The number of hydrogen-bond acceptors (Lipinski definition) is 6. The van der Waals surface area contributed by atoms with Crippen molar-refractivity contribution in [2.45, 2.75) is 68.5 Å². The van der Waals surface area contributed by atoms with E-state index in [4.69, 9.17) is 4.98 Å². The number of amides is 1. The topological polar surface area (TPSA) is 87.8 Å². The molecule has 0 aliphatic heterocycles. The van der Waals surface area contributed by atoms with Crippen LogP contribution in [0.2, 0.25) is 0 Å². The summed E-state index contributed by atoms with van der Waals surface area (Å²) >= 11 is 2.63. The average Bonchev–Trinajstić information content (AvgIpc) is 3.23. The molecule has 2 aliphatic carbocycles. The summed E-state index contributed by atoms with van der Waals surface area (Å²) in [6.07, 6.45) is 8.04. The third kappa shape index (κ3) is 4.25. The minimum absolute atomic E-state index is 0.0130. The Morgan fingerprint density at radius 1 is 1.21 bits per heavy atom. The maximum Gasteiger partial charge on any atom is 0.267 e. The number of nitrogens with zero attached hydrogens (tertiary/aromatic N) is 3. The molecule has 2 heterocycles. The molecule has 176 valence electrons. The highest BCUT2D eigenvalue weighted by Gasteiger charge is 2.33. The van der Waals surface area contributed by atoms with Crippen molar-refractivity contribution in [3.05, 3.63) is 50.9 Å². The molecular weight excluding hydrogens is 471 g/mol. The molecule has 6 nitrogen and oxygen atoms in total. The predicted molar refractivity (Wildman–Crippen MR) is 132 cm³/mol. The van der Waals surface area contributed by atoms with Crippen molar-refractivity contribution in [3.8, 4) is 11.8 Å². The average molecular weight is 497 g/mol. The molecule has 0 bridgehead atoms. The Hall–Kier alpha value is -2.70. The Morgan fingerprint density at radius 2 is 1.97 bits per heavy atom. The number of aromatic nitrogens is 2. The van der Waals surface area contributed by atoms with Crippen molar-refractivity contribution in [3.63, 3.8) is 0 Å². The minimum atomic E-state index is -0.828. The highest BCUT2D eigenvalue weighted by molar-refractivity contribution is 7.99. The molecule has 0 unspecified atom stereocenters. The third-order valence-corrected chi connectivity index (χ3v) is 8.81. The van der Waals surface area contributed by atoms with Gasteiger partial charge in [-0.2, -0.15) is 5.26 Å². The van der Waals surface area contributed by atoms with Crippen LogP contribution in [-0.4, -0.2) is 26.8 Å². The van der Waals surface area contributed by atoms with Crippen molar-refractivity contribution < 1.29 is 9.18 Å². The normalized spacial score (nSPS) is 17.2. The zero-order valence-electron chi connectivity index (χ0n) is 18.7. The smallest absolute Gasteiger partial charge is 0.267 e. The number of benzene rings is 1. The van der Waals surface area contributed by atoms with Gasteiger partial charge in [-0.3, -0.25) is 14.2 Å². The molecule has 1 fully saturated rings. The molecule has 0 spiro atoms. The monoisotopic (exact) mass is 496 g/mol. The summed E-state index contributed by atoms with van der Waals surface area (Å²) in [6, 6.07) is 8.42. The van der Waals surface area contributed by atoms with Crippen molar-refractivity contribution in [2.75, 3.05) is 5.75 Å². The summed E-state index contributed by atoms with van der Waals surface area (Å²) in [6.45, 7) is 0. The van der Waals surface area contributed by atoms with E-state index >= 15 is 0 Å². The summed E-state index contributed by atoms with van der Waals surface area (Å²) in [4.78, 5) is 33.1. The second-order valence-electron chi connectivity index (χ2n) is 8.97. The molecular formula is C25H25FN4O2S2. The number of carbonyl (C=O) groups is 1. The Bertz CT molecular complexity index is 1350. The van der Waals surface area contributed by atoms with Gasteiger partial charge in [0.25, 0.3) is 5.56 Å². The van der Waals surface area contributed by atoms with Crippen LogP contribution in [0.15, 0.2) is 34.2 Å². The Morgan fingerprint density at radius 3 is 2.74 bits per heavy atom. The molecule has 1 amide bonds. The summed E-state index contributed by atoms with van der Waals surface area (Å²) in [7, 11) is 0. The maximum absolute atomic E-state index is 14.8. The Labute approximate surface area is 205 Å². The number of para-hydroxylation sites is 1. The summed E-state index contributed by atoms with van der Waals surface area (Å²) in [5.41, 5.74) is 0.0431. The molecule has 0 saturated heterocycles. The van der Waals surface area contributed by atoms with Gasteiger partial charge < -0.3 is 5.32 Å². The van der Waals surface area contributed by atoms with Crippen LogP contribution >= 0.6 is 23.1 Å². The van der Waals surface area contributed by atoms with Gasteiger partial charge >= 0.3 is 0 Å². The van der Waals surface area contributed by atoms with E-state index in [-0.39, 0.29) is 28.1 Å². The zero-order chi connectivity index (χ0) is 23.7. The Balaban J connectivity index is 1.52. The zero-order valence-corrected chi connectivity index (χ0v) is 20.4. The Kier molecular flexibility index (Phi) is 6.45. The first-order valence-corrected chi connectivity index (χ1v) is 13.5. The van der Waals surface area contributed by atoms with Crippen LogP contribution in [-0.2, 0) is 17.6 Å². The number of thioether (sulfide) groups is 1. The number of carbonyl (C=O) groups excluding carboxylic acids is 1. The third-order valence-electron chi connectivity index (χ3n) is 6.68. The lowest BCUT2D eigenvalue weighted by Gasteiger charge is -2.31. The van der Waals surface area contributed by atoms with E-state index in [0.29, 0.717) is 23.1 Å². The number of nitrogens with one attached hydrogen (secondary N) is 1. The van der Waals surface area contributed by atoms with Crippen molar-refractivity contribution >= 4 is 39.2 Å². The van der Waals surface area contributed by atoms with Gasteiger partial charge in [-0.05, 0) is 56.2 Å². The van der Waals surface area contributed by atoms with Gasteiger partial charge in [-0.15, -0.1) is 11.3 Å². The molecule has 3 aromatic rings. The van der Waals surface area contributed by atoms with Crippen LogP contribution in [0.3, 0.4) is 0 Å². The quantitative estimate of drug-likeness (QED) is 0.401. The second kappa shape index (κ2) is 9.51. The van der Waals surface area contributed by atoms with Gasteiger partial charge in [0, 0.05) is 4.88 Å². The lowest BCUT2D eigenvalue weighted by atomic mass is 9.83. The molecule has 34 heavy (non-hydrogen) atoms. The van der Waals surface area contributed by atoms with E-state index in [1.165, 1.54) is 26.8 Å². The molecule has 1 N–H and O–H groups in total. The van der Waals surface area contributed by atoms with Crippen LogP contribution < -0.4 is 10.9 Å². The number of nitriles is 1.